The minimum atomic E-state index is -0.374. The predicted octanol–water partition coefficient (Wildman–Crippen LogP) is 1.31. The zero-order chi connectivity index (χ0) is 10.1. The van der Waals surface area contributed by atoms with E-state index in [1.54, 1.807) is 0 Å². The molecule has 0 atom stereocenters. The molecule has 0 aromatic rings. The first-order valence-corrected chi connectivity index (χ1v) is 5.07. The molecule has 3 nitrogen and oxygen atoms in total. The lowest BCUT2D eigenvalue weighted by molar-refractivity contribution is -0.121. The van der Waals surface area contributed by atoms with Crippen LogP contribution >= 0.6 is 11.8 Å². The van der Waals surface area contributed by atoms with Crippen molar-refractivity contribution in [1.82, 2.24) is 5.32 Å². The van der Waals surface area contributed by atoms with Crippen LogP contribution in [-0.4, -0.2) is 17.4 Å². The molecule has 0 aromatic heterocycles. The lowest BCUT2D eigenvalue weighted by atomic mass is 9.91. The summed E-state index contributed by atoms with van der Waals surface area (Å²) in [4.78, 5) is 22.3. The maximum atomic E-state index is 11.5. The van der Waals surface area contributed by atoms with Crippen LogP contribution in [0.4, 0.5) is 0 Å². The summed E-state index contributed by atoms with van der Waals surface area (Å²) < 4.78 is 0. The van der Waals surface area contributed by atoms with E-state index >= 15 is 0 Å². The van der Waals surface area contributed by atoms with Gasteiger partial charge in [0.2, 0.25) is 5.91 Å². The van der Waals surface area contributed by atoms with Crippen LogP contribution in [0.25, 0.3) is 0 Å². The molecule has 0 aromatic carbocycles. The Morgan fingerprint density at radius 2 is 2.15 bits per heavy atom. The summed E-state index contributed by atoms with van der Waals surface area (Å²) in [6, 6.07) is 0. The van der Waals surface area contributed by atoms with Gasteiger partial charge < -0.3 is 5.32 Å². The van der Waals surface area contributed by atoms with Gasteiger partial charge in [0.15, 0.2) is 5.78 Å². The van der Waals surface area contributed by atoms with Gasteiger partial charge in [-0.2, -0.15) is 0 Å². The number of hydrogen-bond donors (Lipinski definition) is 1. The van der Waals surface area contributed by atoms with Crippen molar-refractivity contribution in [3.8, 4) is 0 Å². The molecule has 0 spiro atoms. The Labute approximate surface area is 82.0 Å². The number of thioether (sulfide) groups is 1. The topological polar surface area (TPSA) is 46.2 Å². The van der Waals surface area contributed by atoms with Crippen molar-refractivity contribution >= 4 is 23.5 Å². The molecular weight excluding hydrogens is 186 g/mol. The Bertz CT molecular complexity index is 276. The zero-order valence-corrected chi connectivity index (χ0v) is 8.83. The van der Waals surface area contributed by atoms with Crippen LogP contribution in [-0.2, 0) is 9.59 Å². The molecule has 0 unspecified atom stereocenters. The fraction of sp³-hybridized carbons (Fsp3) is 0.556. The molecule has 1 saturated heterocycles. The SMILES string of the molecule is CC(C)(C)C(=O)/C=C1/NC(=O)CS1. The second kappa shape index (κ2) is 3.54. The highest BCUT2D eigenvalue weighted by Gasteiger charge is 2.22. The van der Waals surface area contributed by atoms with Crippen LogP contribution in [0, 0.1) is 5.41 Å². The van der Waals surface area contributed by atoms with Gasteiger partial charge in [0, 0.05) is 11.5 Å². The van der Waals surface area contributed by atoms with E-state index in [9.17, 15) is 9.59 Å². The quantitative estimate of drug-likeness (QED) is 0.648. The van der Waals surface area contributed by atoms with Crippen LogP contribution in [0.15, 0.2) is 11.1 Å². The smallest absolute Gasteiger partial charge is 0.235 e. The highest BCUT2D eigenvalue weighted by molar-refractivity contribution is 8.04. The molecule has 13 heavy (non-hydrogen) atoms. The van der Waals surface area contributed by atoms with Crippen molar-refractivity contribution in [2.45, 2.75) is 20.8 Å². The average Bonchev–Trinajstić information content (AvgIpc) is 2.33. The largest absolute Gasteiger partial charge is 0.320 e. The molecule has 0 aliphatic carbocycles. The predicted molar refractivity (Wildman–Crippen MR) is 53.1 cm³/mol. The monoisotopic (exact) mass is 199 g/mol. The van der Waals surface area contributed by atoms with E-state index in [2.05, 4.69) is 5.32 Å². The van der Waals surface area contributed by atoms with Crippen molar-refractivity contribution in [2.75, 3.05) is 5.75 Å². The summed E-state index contributed by atoms with van der Waals surface area (Å²) in [6.07, 6.45) is 1.51. The van der Waals surface area contributed by atoms with Crippen molar-refractivity contribution in [2.24, 2.45) is 5.41 Å². The van der Waals surface area contributed by atoms with Crippen LogP contribution in [0.3, 0.4) is 0 Å². The van der Waals surface area contributed by atoms with Crippen LogP contribution in [0.1, 0.15) is 20.8 Å². The molecule has 1 amide bonds. The lowest BCUT2D eigenvalue weighted by Crippen LogP contribution is -2.20. The van der Waals surface area contributed by atoms with Crippen LogP contribution in [0.2, 0.25) is 0 Å². The number of carbonyl (C=O) groups is 2. The number of nitrogens with one attached hydrogen (secondary N) is 1. The number of ketones is 1. The van der Waals surface area contributed by atoms with E-state index in [1.807, 2.05) is 20.8 Å². The van der Waals surface area contributed by atoms with Gasteiger partial charge in [-0.15, -0.1) is 0 Å². The van der Waals surface area contributed by atoms with Gasteiger partial charge in [-0.3, -0.25) is 9.59 Å². The molecule has 0 bridgehead atoms. The lowest BCUT2D eigenvalue weighted by Gasteiger charge is -2.13. The van der Waals surface area contributed by atoms with E-state index in [-0.39, 0.29) is 17.1 Å². The third kappa shape index (κ3) is 2.88. The fourth-order valence-electron chi connectivity index (χ4n) is 0.766. The highest BCUT2D eigenvalue weighted by atomic mass is 32.2. The van der Waals surface area contributed by atoms with E-state index in [0.29, 0.717) is 10.8 Å². The van der Waals surface area contributed by atoms with Gasteiger partial charge in [-0.05, 0) is 0 Å². The average molecular weight is 199 g/mol. The van der Waals surface area contributed by atoms with Crippen LogP contribution in [0.5, 0.6) is 0 Å². The third-order valence-electron chi connectivity index (χ3n) is 1.62. The highest BCUT2D eigenvalue weighted by Crippen LogP contribution is 2.22. The van der Waals surface area contributed by atoms with Gasteiger partial charge in [0.05, 0.1) is 10.8 Å². The maximum absolute atomic E-state index is 11.5. The summed E-state index contributed by atoms with van der Waals surface area (Å²) in [6.45, 7) is 5.56. The first-order valence-electron chi connectivity index (χ1n) is 4.08. The first-order chi connectivity index (χ1) is 5.89. The minimum Gasteiger partial charge on any atom is -0.320 e. The van der Waals surface area contributed by atoms with E-state index < -0.39 is 0 Å². The summed E-state index contributed by atoms with van der Waals surface area (Å²) in [5, 5.41) is 3.29. The Morgan fingerprint density at radius 3 is 2.54 bits per heavy atom. The zero-order valence-electron chi connectivity index (χ0n) is 8.01. The van der Waals surface area contributed by atoms with Crippen molar-refractivity contribution < 1.29 is 9.59 Å². The fourth-order valence-corrected chi connectivity index (χ4v) is 1.50. The summed E-state index contributed by atoms with van der Waals surface area (Å²) in [5.41, 5.74) is -0.374. The van der Waals surface area contributed by atoms with Gasteiger partial charge in [-0.25, -0.2) is 0 Å². The molecule has 72 valence electrons. The number of carbonyl (C=O) groups excluding carboxylic acids is 2. The second-order valence-electron chi connectivity index (χ2n) is 3.96. The Morgan fingerprint density at radius 1 is 1.54 bits per heavy atom. The Hall–Kier alpha value is -0.770. The maximum Gasteiger partial charge on any atom is 0.235 e. The first kappa shape index (κ1) is 10.3. The Balaban J connectivity index is 2.67. The summed E-state index contributed by atoms with van der Waals surface area (Å²) >= 11 is 1.37. The molecule has 1 rings (SSSR count). The summed E-state index contributed by atoms with van der Waals surface area (Å²) in [7, 11) is 0. The molecule has 1 N–H and O–H groups in total. The molecule has 1 fully saturated rings. The summed E-state index contributed by atoms with van der Waals surface area (Å²) in [5.74, 6) is 0.429. The van der Waals surface area contributed by atoms with E-state index in [0.717, 1.165) is 0 Å². The number of amides is 1. The van der Waals surface area contributed by atoms with Gasteiger partial charge in [0.1, 0.15) is 0 Å². The molecule has 0 radical (unpaired) electrons. The second-order valence-corrected chi connectivity index (χ2v) is 4.98. The minimum absolute atomic E-state index is 0.0297. The molecule has 1 aliphatic heterocycles. The standard InChI is InChI=1S/C9H13NO2S/c1-9(2,3)6(11)4-8-10-7(12)5-13-8/h4H,5H2,1-3H3,(H,10,12)/b8-4-. The Kier molecular flexibility index (Phi) is 2.81. The molecule has 4 heteroatoms. The number of rotatable bonds is 1. The van der Waals surface area contributed by atoms with Gasteiger partial charge in [0.25, 0.3) is 0 Å². The van der Waals surface area contributed by atoms with E-state index in [4.69, 9.17) is 0 Å². The number of allylic oxidation sites excluding steroid dienone is 1. The molecule has 1 aliphatic rings. The van der Waals surface area contributed by atoms with E-state index in [1.165, 1.54) is 17.8 Å². The molecular formula is C9H13NO2S. The van der Waals surface area contributed by atoms with Gasteiger partial charge in [-0.1, -0.05) is 32.5 Å². The third-order valence-corrected chi connectivity index (χ3v) is 2.56. The number of hydrogen-bond acceptors (Lipinski definition) is 3. The normalized spacial score (nSPS) is 20.5. The van der Waals surface area contributed by atoms with Crippen LogP contribution < -0.4 is 5.32 Å². The van der Waals surface area contributed by atoms with Crippen molar-refractivity contribution in [3.05, 3.63) is 11.1 Å². The van der Waals surface area contributed by atoms with Crippen molar-refractivity contribution in [3.63, 3.8) is 0 Å². The molecule has 1 heterocycles. The molecule has 0 saturated carbocycles. The van der Waals surface area contributed by atoms with Crippen molar-refractivity contribution in [1.29, 1.82) is 0 Å². The van der Waals surface area contributed by atoms with Gasteiger partial charge >= 0.3 is 0 Å².